The van der Waals surface area contributed by atoms with Gasteiger partial charge in [0.25, 0.3) is 5.89 Å². The SMILES string of the molecule is COc1ccc(Br)c(C(=O)OCc2nc(-c3ccsc3)no2)c1. The van der Waals surface area contributed by atoms with E-state index in [1.807, 2.05) is 16.8 Å². The van der Waals surface area contributed by atoms with Gasteiger partial charge in [0.2, 0.25) is 5.82 Å². The molecule has 2 aromatic heterocycles. The van der Waals surface area contributed by atoms with Crippen LogP contribution in [0.15, 0.2) is 44.0 Å². The monoisotopic (exact) mass is 394 g/mol. The number of carbonyl (C=O) groups excluding carboxylic acids is 1. The van der Waals surface area contributed by atoms with E-state index >= 15 is 0 Å². The van der Waals surface area contributed by atoms with Crippen LogP contribution in [0.4, 0.5) is 0 Å². The molecular formula is C15H11BrN2O4S. The summed E-state index contributed by atoms with van der Waals surface area (Å²) >= 11 is 4.85. The fraction of sp³-hybridized carbons (Fsp3) is 0.133. The molecule has 0 unspecified atom stereocenters. The Hall–Kier alpha value is -2.19. The second-order valence-corrected chi connectivity index (χ2v) is 6.08. The van der Waals surface area contributed by atoms with Crippen LogP contribution in [0.5, 0.6) is 5.75 Å². The smallest absolute Gasteiger partial charge is 0.339 e. The highest BCUT2D eigenvalue weighted by atomic mass is 79.9. The molecule has 3 aromatic rings. The lowest BCUT2D eigenvalue weighted by Crippen LogP contribution is -2.06. The number of aromatic nitrogens is 2. The predicted molar refractivity (Wildman–Crippen MR) is 87.4 cm³/mol. The zero-order chi connectivity index (χ0) is 16.2. The average Bonchev–Trinajstić information content (AvgIpc) is 3.24. The Kier molecular flexibility index (Phi) is 4.73. The third-order valence-electron chi connectivity index (χ3n) is 2.97. The summed E-state index contributed by atoms with van der Waals surface area (Å²) in [6.07, 6.45) is 0. The Morgan fingerprint density at radius 1 is 1.39 bits per heavy atom. The fourth-order valence-electron chi connectivity index (χ4n) is 1.82. The van der Waals surface area contributed by atoms with Crippen molar-refractivity contribution in [3.05, 3.63) is 51.0 Å². The van der Waals surface area contributed by atoms with E-state index in [0.717, 1.165) is 5.56 Å². The van der Waals surface area contributed by atoms with Crippen LogP contribution in [0.1, 0.15) is 16.2 Å². The van der Waals surface area contributed by atoms with Crippen molar-refractivity contribution in [2.24, 2.45) is 0 Å². The molecule has 0 radical (unpaired) electrons. The van der Waals surface area contributed by atoms with Gasteiger partial charge in [-0.25, -0.2) is 4.79 Å². The van der Waals surface area contributed by atoms with Gasteiger partial charge in [0, 0.05) is 15.4 Å². The largest absolute Gasteiger partial charge is 0.497 e. The van der Waals surface area contributed by atoms with Crippen molar-refractivity contribution in [1.82, 2.24) is 10.1 Å². The normalized spacial score (nSPS) is 10.5. The number of hydrogen-bond donors (Lipinski definition) is 0. The van der Waals surface area contributed by atoms with Gasteiger partial charge < -0.3 is 14.0 Å². The number of hydrogen-bond acceptors (Lipinski definition) is 7. The van der Waals surface area contributed by atoms with Crippen molar-refractivity contribution in [3.63, 3.8) is 0 Å². The van der Waals surface area contributed by atoms with E-state index in [1.165, 1.54) is 7.11 Å². The van der Waals surface area contributed by atoms with Crippen LogP contribution >= 0.6 is 27.3 Å². The summed E-state index contributed by atoms with van der Waals surface area (Å²) in [4.78, 5) is 16.3. The number of halogens is 1. The van der Waals surface area contributed by atoms with Crippen molar-refractivity contribution in [3.8, 4) is 17.1 Å². The minimum atomic E-state index is -0.508. The predicted octanol–water partition coefficient (Wildman–Crippen LogP) is 3.93. The third-order valence-corrected chi connectivity index (χ3v) is 4.34. The van der Waals surface area contributed by atoms with E-state index in [4.69, 9.17) is 14.0 Å². The van der Waals surface area contributed by atoms with Gasteiger partial charge in [-0.1, -0.05) is 5.16 Å². The summed E-state index contributed by atoms with van der Waals surface area (Å²) in [6.45, 7) is -0.0976. The number of nitrogens with zero attached hydrogens (tertiary/aromatic N) is 2. The van der Waals surface area contributed by atoms with E-state index in [0.29, 0.717) is 21.6 Å². The lowest BCUT2D eigenvalue weighted by Gasteiger charge is -2.06. The highest BCUT2D eigenvalue weighted by molar-refractivity contribution is 9.10. The molecule has 0 aliphatic rings. The van der Waals surface area contributed by atoms with Gasteiger partial charge in [-0.05, 0) is 45.6 Å². The summed E-state index contributed by atoms with van der Waals surface area (Å²) in [6, 6.07) is 6.94. The summed E-state index contributed by atoms with van der Waals surface area (Å²) in [5, 5.41) is 7.69. The molecule has 0 atom stereocenters. The lowest BCUT2D eigenvalue weighted by molar-refractivity contribution is 0.0428. The minimum Gasteiger partial charge on any atom is -0.497 e. The Morgan fingerprint density at radius 3 is 3.00 bits per heavy atom. The van der Waals surface area contributed by atoms with Crippen molar-refractivity contribution < 1.29 is 18.8 Å². The summed E-state index contributed by atoms with van der Waals surface area (Å²) in [7, 11) is 1.53. The van der Waals surface area contributed by atoms with Crippen molar-refractivity contribution in [1.29, 1.82) is 0 Å². The van der Waals surface area contributed by atoms with Gasteiger partial charge >= 0.3 is 5.97 Å². The topological polar surface area (TPSA) is 74.5 Å². The lowest BCUT2D eigenvalue weighted by atomic mass is 10.2. The molecule has 3 rings (SSSR count). The molecule has 0 N–H and O–H groups in total. The van der Waals surface area contributed by atoms with Gasteiger partial charge in [0.05, 0.1) is 12.7 Å². The zero-order valence-corrected chi connectivity index (χ0v) is 14.4. The average molecular weight is 395 g/mol. The molecule has 0 aliphatic carbocycles. The highest BCUT2D eigenvalue weighted by Gasteiger charge is 2.15. The second-order valence-electron chi connectivity index (χ2n) is 4.45. The molecule has 0 saturated heterocycles. The van der Waals surface area contributed by atoms with E-state index in [9.17, 15) is 4.79 Å². The molecule has 23 heavy (non-hydrogen) atoms. The van der Waals surface area contributed by atoms with E-state index in [2.05, 4.69) is 26.1 Å². The molecule has 0 fully saturated rings. The third kappa shape index (κ3) is 3.59. The standard InChI is InChI=1S/C15H11BrN2O4S/c1-20-10-2-3-12(16)11(6-10)15(19)21-7-13-17-14(18-22-13)9-4-5-23-8-9/h2-6,8H,7H2,1H3. The molecule has 0 spiro atoms. The van der Waals surface area contributed by atoms with Gasteiger partial charge in [-0.15, -0.1) is 0 Å². The number of rotatable bonds is 5. The maximum absolute atomic E-state index is 12.1. The Balaban J connectivity index is 1.67. The quantitative estimate of drug-likeness (QED) is 0.610. The number of carbonyl (C=O) groups is 1. The van der Waals surface area contributed by atoms with Crippen LogP contribution in [0.2, 0.25) is 0 Å². The molecule has 0 saturated carbocycles. The first kappa shape index (κ1) is 15.7. The molecule has 2 heterocycles. The number of methoxy groups -OCH3 is 1. The fourth-order valence-corrected chi connectivity index (χ4v) is 2.86. The van der Waals surface area contributed by atoms with Crippen molar-refractivity contribution in [2.75, 3.05) is 7.11 Å². The molecule has 0 bridgehead atoms. The number of thiophene rings is 1. The van der Waals surface area contributed by atoms with Crippen LogP contribution in [0.25, 0.3) is 11.4 Å². The maximum atomic E-state index is 12.1. The molecular weight excluding hydrogens is 384 g/mol. The second kappa shape index (κ2) is 6.93. The van der Waals surface area contributed by atoms with Gasteiger partial charge in [0.15, 0.2) is 6.61 Å². The van der Waals surface area contributed by atoms with Crippen molar-refractivity contribution in [2.45, 2.75) is 6.61 Å². The molecule has 6 nitrogen and oxygen atoms in total. The van der Waals surface area contributed by atoms with E-state index in [-0.39, 0.29) is 12.5 Å². The van der Waals surface area contributed by atoms with Crippen LogP contribution in [-0.4, -0.2) is 23.2 Å². The molecule has 0 aliphatic heterocycles. The Labute approximate surface area is 144 Å². The first-order valence-corrected chi connectivity index (χ1v) is 8.27. The molecule has 1 aromatic carbocycles. The first-order chi connectivity index (χ1) is 11.2. The number of ether oxygens (including phenoxy) is 2. The summed E-state index contributed by atoms with van der Waals surface area (Å²) in [5.41, 5.74) is 1.23. The molecule has 8 heteroatoms. The maximum Gasteiger partial charge on any atom is 0.339 e. The van der Waals surface area contributed by atoms with E-state index < -0.39 is 5.97 Å². The van der Waals surface area contributed by atoms with Crippen LogP contribution in [-0.2, 0) is 11.3 Å². The summed E-state index contributed by atoms with van der Waals surface area (Å²) < 4.78 is 16.0. The van der Waals surface area contributed by atoms with Crippen LogP contribution in [0, 0.1) is 0 Å². The molecule has 118 valence electrons. The van der Waals surface area contributed by atoms with Gasteiger partial charge in [-0.2, -0.15) is 16.3 Å². The van der Waals surface area contributed by atoms with Gasteiger partial charge in [-0.3, -0.25) is 0 Å². The minimum absolute atomic E-state index is 0.0976. The molecule has 0 amide bonds. The first-order valence-electron chi connectivity index (χ1n) is 6.53. The van der Waals surface area contributed by atoms with Crippen LogP contribution < -0.4 is 4.74 Å². The van der Waals surface area contributed by atoms with Crippen LogP contribution in [0.3, 0.4) is 0 Å². The number of benzene rings is 1. The van der Waals surface area contributed by atoms with E-state index in [1.54, 1.807) is 29.5 Å². The zero-order valence-electron chi connectivity index (χ0n) is 12.0. The van der Waals surface area contributed by atoms with Crippen molar-refractivity contribution >= 4 is 33.2 Å². The Morgan fingerprint density at radius 2 is 2.26 bits per heavy atom. The number of esters is 1. The highest BCUT2D eigenvalue weighted by Crippen LogP contribution is 2.24. The van der Waals surface area contributed by atoms with Gasteiger partial charge in [0.1, 0.15) is 5.75 Å². The summed E-state index contributed by atoms with van der Waals surface area (Å²) in [5.74, 6) is 0.766. The Bertz CT molecular complexity index is 817.